The fourth-order valence-corrected chi connectivity index (χ4v) is 2.05. The molecule has 96 valence electrons. The molecule has 0 aromatic carbocycles. The normalized spacial score (nSPS) is 18.7. The van der Waals surface area contributed by atoms with Gasteiger partial charge in [0.25, 0.3) is 5.89 Å². The van der Waals surface area contributed by atoms with Crippen molar-refractivity contribution in [2.75, 3.05) is 7.05 Å². The second-order valence-corrected chi connectivity index (χ2v) is 4.72. The predicted molar refractivity (Wildman–Crippen MR) is 63.6 cm³/mol. The molecule has 1 saturated carbocycles. The summed E-state index contributed by atoms with van der Waals surface area (Å²) in [5.74, 6) is 1.34. The topological polar surface area (TPSA) is 60.2 Å². The number of likely N-dealkylation sites (N-methyl/N-ethyl adjacent to an activating group) is 1. The zero-order valence-electron chi connectivity index (χ0n) is 10.6. The molecule has 5 heteroatoms. The third-order valence-corrected chi connectivity index (χ3v) is 3.24. The molecule has 1 aliphatic carbocycles. The standard InChI is InChI=1S/C12H21N3O2/c1-9(13-2)7-11-14-12(17-15-11)8-16-10-5-3-4-6-10/h9-10,13H,3-8H2,1-2H3. The summed E-state index contributed by atoms with van der Waals surface area (Å²) in [7, 11) is 1.93. The van der Waals surface area contributed by atoms with Crippen LogP contribution in [0.25, 0.3) is 0 Å². The van der Waals surface area contributed by atoms with E-state index in [4.69, 9.17) is 9.26 Å². The van der Waals surface area contributed by atoms with Crippen molar-refractivity contribution in [3.63, 3.8) is 0 Å². The summed E-state index contributed by atoms with van der Waals surface area (Å²) in [6, 6.07) is 0.358. The molecular formula is C12H21N3O2. The molecule has 0 radical (unpaired) electrons. The van der Waals surface area contributed by atoms with E-state index in [0.717, 1.165) is 25.1 Å². The van der Waals surface area contributed by atoms with E-state index in [2.05, 4.69) is 22.4 Å². The smallest absolute Gasteiger partial charge is 0.252 e. The van der Waals surface area contributed by atoms with Gasteiger partial charge in [0.1, 0.15) is 6.61 Å². The van der Waals surface area contributed by atoms with Crippen LogP contribution in [0, 0.1) is 0 Å². The van der Waals surface area contributed by atoms with Crippen molar-refractivity contribution in [3.8, 4) is 0 Å². The fraction of sp³-hybridized carbons (Fsp3) is 0.833. The highest BCUT2D eigenvalue weighted by molar-refractivity contribution is 4.88. The minimum atomic E-state index is 0.358. The highest BCUT2D eigenvalue weighted by atomic mass is 16.5. The number of ether oxygens (including phenoxy) is 1. The van der Waals surface area contributed by atoms with E-state index < -0.39 is 0 Å². The van der Waals surface area contributed by atoms with Gasteiger partial charge in [-0.2, -0.15) is 4.98 Å². The van der Waals surface area contributed by atoms with E-state index in [1.165, 1.54) is 12.8 Å². The predicted octanol–water partition coefficient (Wildman–Crippen LogP) is 1.68. The molecule has 17 heavy (non-hydrogen) atoms. The van der Waals surface area contributed by atoms with Crippen molar-refractivity contribution in [3.05, 3.63) is 11.7 Å². The van der Waals surface area contributed by atoms with Crippen LogP contribution in [0.2, 0.25) is 0 Å². The number of aromatic nitrogens is 2. The molecule has 1 atom stereocenters. The minimum absolute atomic E-state index is 0.358. The molecule has 0 spiro atoms. The third-order valence-electron chi connectivity index (χ3n) is 3.24. The number of nitrogens with zero attached hydrogens (tertiary/aromatic N) is 2. The largest absolute Gasteiger partial charge is 0.368 e. The van der Waals surface area contributed by atoms with Gasteiger partial charge in [0, 0.05) is 12.5 Å². The summed E-state index contributed by atoms with van der Waals surface area (Å²) in [6.45, 7) is 2.54. The lowest BCUT2D eigenvalue weighted by Crippen LogP contribution is -2.24. The molecule has 1 heterocycles. The van der Waals surface area contributed by atoms with Crippen LogP contribution in [0.15, 0.2) is 4.52 Å². The Morgan fingerprint density at radius 3 is 2.94 bits per heavy atom. The lowest BCUT2D eigenvalue weighted by molar-refractivity contribution is 0.0305. The van der Waals surface area contributed by atoms with Crippen molar-refractivity contribution in [2.24, 2.45) is 0 Å². The van der Waals surface area contributed by atoms with E-state index in [1.54, 1.807) is 0 Å². The van der Waals surface area contributed by atoms with Gasteiger partial charge in [0.15, 0.2) is 5.82 Å². The number of hydrogen-bond donors (Lipinski definition) is 1. The number of nitrogens with one attached hydrogen (secondary N) is 1. The maximum Gasteiger partial charge on any atom is 0.252 e. The summed E-state index contributed by atoms with van der Waals surface area (Å²) < 4.78 is 10.9. The Morgan fingerprint density at radius 1 is 1.47 bits per heavy atom. The van der Waals surface area contributed by atoms with E-state index in [0.29, 0.717) is 24.6 Å². The van der Waals surface area contributed by atoms with Crippen LogP contribution in [0.4, 0.5) is 0 Å². The van der Waals surface area contributed by atoms with Gasteiger partial charge >= 0.3 is 0 Å². The average Bonchev–Trinajstić information content (AvgIpc) is 2.97. The highest BCUT2D eigenvalue weighted by Gasteiger charge is 2.17. The Bertz CT molecular complexity index is 334. The molecule has 2 rings (SSSR count). The molecule has 0 bridgehead atoms. The molecule has 1 aromatic heterocycles. The zero-order chi connectivity index (χ0) is 12.1. The first kappa shape index (κ1) is 12.5. The van der Waals surface area contributed by atoms with Crippen molar-refractivity contribution >= 4 is 0 Å². The second kappa shape index (κ2) is 6.12. The van der Waals surface area contributed by atoms with Gasteiger partial charge in [0.2, 0.25) is 0 Å². The van der Waals surface area contributed by atoms with Crippen LogP contribution in [-0.4, -0.2) is 29.3 Å². The lowest BCUT2D eigenvalue weighted by Gasteiger charge is -2.07. The van der Waals surface area contributed by atoms with Crippen molar-refractivity contribution in [1.29, 1.82) is 0 Å². The van der Waals surface area contributed by atoms with Gasteiger partial charge < -0.3 is 14.6 Å². The maximum atomic E-state index is 5.72. The number of rotatable bonds is 6. The first-order chi connectivity index (χ1) is 8.28. The van der Waals surface area contributed by atoms with Gasteiger partial charge in [-0.05, 0) is 26.8 Å². The van der Waals surface area contributed by atoms with E-state index in [-0.39, 0.29) is 0 Å². The maximum absolute atomic E-state index is 5.72. The average molecular weight is 239 g/mol. The first-order valence-electron chi connectivity index (χ1n) is 6.38. The molecule has 1 aliphatic rings. The van der Waals surface area contributed by atoms with Gasteiger partial charge in [-0.3, -0.25) is 0 Å². The van der Waals surface area contributed by atoms with Crippen LogP contribution in [0.5, 0.6) is 0 Å². The Labute approximate surface area is 102 Å². The van der Waals surface area contributed by atoms with Crippen molar-refractivity contribution < 1.29 is 9.26 Å². The zero-order valence-corrected chi connectivity index (χ0v) is 10.6. The van der Waals surface area contributed by atoms with Crippen molar-refractivity contribution in [1.82, 2.24) is 15.5 Å². The van der Waals surface area contributed by atoms with Crippen LogP contribution in [0.3, 0.4) is 0 Å². The van der Waals surface area contributed by atoms with Crippen LogP contribution >= 0.6 is 0 Å². The van der Waals surface area contributed by atoms with Crippen LogP contribution in [-0.2, 0) is 17.8 Å². The van der Waals surface area contributed by atoms with Gasteiger partial charge in [-0.15, -0.1) is 0 Å². The Balaban J connectivity index is 1.77. The molecule has 5 nitrogen and oxygen atoms in total. The summed E-state index contributed by atoms with van der Waals surface area (Å²) in [4.78, 5) is 4.32. The molecule has 0 aliphatic heterocycles. The van der Waals surface area contributed by atoms with E-state index in [9.17, 15) is 0 Å². The van der Waals surface area contributed by atoms with Gasteiger partial charge in [-0.1, -0.05) is 18.0 Å². The summed E-state index contributed by atoms with van der Waals surface area (Å²) >= 11 is 0. The molecule has 0 amide bonds. The fourth-order valence-electron chi connectivity index (χ4n) is 2.05. The Hall–Kier alpha value is -0.940. The number of hydrogen-bond acceptors (Lipinski definition) is 5. The summed E-state index contributed by atoms with van der Waals surface area (Å²) in [5.41, 5.74) is 0. The van der Waals surface area contributed by atoms with Crippen LogP contribution in [0.1, 0.15) is 44.3 Å². The van der Waals surface area contributed by atoms with Crippen LogP contribution < -0.4 is 5.32 Å². The highest BCUT2D eigenvalue weighted by Crippen LogP contribution is 2.21. The molecular weight excluding hydrogens is 218 g/mol. The summed E-state index contributed by atoms with van der Waals surface area (Å²) in [5, 5.41) is 7.09. The lowest BCUT2D eigenvalue weighted by atomic mass is 10.2. The molecule has 1 N–H and O–H groups in total. The van der Waals surface area contributed by atoms with E-state index in [1.807, 2.05) is 7.05 Å². The second-order valence-electron chi connectivity index (χ2n) is 4.72. The molecule has 1 unspecified atom stereocenters. The molecule has 0 saturated heterocycles. The third kappa shape index (κ3) is 3.78. The molecule has 1 aromatic rings. The molecule has 1 fully saturated rings. The first-order valence-corrected chi connectivity index (χ1v) is 6.38. The Kier molecular flexibility index (Phi) is 4.50. The SMILES string of the molecule is CNC(C)Cc1noc(COC2CCCC2)n1. The van der Waals surface area contributed by atoms with Gasteiger partial charge in [0.05, 0.1) is 6.10 Å². The van der Waals surface area contributed by atoms with E-state index >= 15 is 0 Å². The summed E-state index contributed by atoms with van der Waals surface area (Å²) in [6.07, 6.45) is 6.05. The monoisotopic (exact) mass is 239 g/mol. The Morgan fingerprint density at radius 2 is 2.24 bits per heavy atom. The van der Waals surface area contributed by atoms with Crippen molar-refractivity contribution in [2.45, 2.75) is 57.8 Å². The van der Waals surface area contributed by atoms with Gasteiger partial charge in [-0.25, -0.2) is 0 Å². The quantitative estimate of drug-likeness (QED) is 0.818. The minimum Gasteiger partial charge on any atom is -0.368 e.